The lowest BCUT2D eigenvalue weighted by molar-refractivity contribution is 0.995. The second-order valence-electron chi connectivity index (χ2n) is 3.56. The van der Waals surface area contributed by atoms with E-state index in [0.717, 1.165) is 0 Å². The number of hydrogen-bond donors (Lipinski definition) is 0. The Morgan fingerprint density at radius 2 is 2.29 bits per heavy atom. The van der Waals surface area contributed by atoms with E-state index in [-0.39, 0.29) is 0 Å². The highest BCUT2D eigenvalue weighted by Crippen LogP contribution is 2.40. The maximum Gasteiger partial charge on any atom is 0.104 e. The van der Waals surface area contributed by atoms with Crippen LogP contribution in [-0.4, -0.2) is 12.4 Å². The first-order valence-corrected chi connectivity index (χ1v) is 6.48. The predicted octanol–water partition coefficient (Wildman–Crippen LogP) is 3.31. The van der Waals surface area contributed by atoms with Crippen LogP contribution in [0.4, 0.5) is 5.69 Å². The molecule has 2 nitrogen and oxygen atoms in total. The molecule has 2 aliphatic rings. The maximum atomic E-state index is 4.31. The summed E-state index contributed by atoms with van der Waals surface area (Å²) in [4.78, 5) is 3.59. The van der Waals surface area contributed by atoms with Crippen molar-refractivity contribution in [2.24, 2.45) is 4.40 Å². The number of anilines is 1. The Labute approximate surface area is 101 Å². The number of fused-ring (bicyclic) bond motifs is 1. The van der Waals surface area contributed by atoms with Gasteiger partial charge in [-0.25, -0.2) is 4.40 Å². The fourth-order valence-electron chi connectivity index (χ4n) is 1.61. The molecule has 1 heterocycles. The summed E-state index contributed by atoms with van der Waals surface area (Å²) in [6.07, 6.45) is 4.59. The van der Waals surface area contributed by atoms with Crippen molar-refractivity contribution in [3.05, 3.63) is 21.8 Å². The van der Waals surface area contributed by atoms with Gasteiger partial charge in [0.1, 0.15) is 6.34 Å². The first-order valence-electron chi connectivity index (χ1n) is 4.63. The number of benzene rings is 1. The van der Waals surface area contributed by atoms with E-state index < -0.39 is 0 Å². The van der Waals surface area contributed by atoms with Gasteiger partial charge in [0.15, 0.2) is 0 Å². The summed E-state index contributed by atoms with van der Waals surface area (Å²) < 4.78 is 5.60. The average molecular weight is 316 g/mol. The largest absolute Gasteiger partial charge is 0.328 e. The van der Waals surface area contributed by atoms with Gasteiger partial charge in [0.05, 0.1) is 10.6 Å². The molecule has 0 spiro atoms. The Hall–Kier alpha value is -0.230. The summed E-state index contributed by atoms with van der Waals surface area (Å²) in [6.45, 7) is 0. The summed E-state index contributed by atoms with van der Waals surface area (Å²) in [6, 6.07) is 7.25. The van der Waals surface area contributed by atoms with Crippen molar-refractivity contribution in [3.63, 3.8) is 0 Å². The summed E-state index contributed by atoms with van der Waals surface area (Å²) in [5, 5.41) is 0. The van der Waals surface area contributed by atoms with Gasteiger partial charge in [0.2, 0.25) is 0 Å². The Morgan fingerprint density at radius 3 is 3.07 bits per heavy atom. The number of hydrogen-bond acceptors (Lipinski definition) is 3. The summed E-state index contributed by atoms with van der Waals surface area (Å²) >= 11 is 3.93. The van der Waals surface area contributed by atoms with Crippen LogP contribution in [0.25, 0.3) is 0 Å². The fourth-order valence-corrected chi connectivity index (χ4v) is 2.73. The Bertz CT molecular complexity index is 401. The molecule has 0 unspecified atom stereocenters. The molecular formula is C10H9IN2S. The van der Waals surface area contributed by atoms with Gasteiger partial charge in [-0.05, 0) is 53.6 Å². The van der Waals surface area contributed by atoms with Gasteiger partial charge in [-0.2, -0.15) is 0 Å². The lowest BCUT2D eigenvalue weighted by atomic mass is 10.3. The second kappa shape index (κ2) is 3.41. The minimum Gasteiger partial charge on any atom is -0.328 e. The van der Waals surface area contributed by atoms with Crippen molar-refractivity contribution in [2.45, 2.75) is 23.8 Å². The lowest BCUT2D eigenvalue weighted by Gasteiger charge is -2.24. The molecule has 72 valence electrons. The molecular weight excluding hydrogens is 307 g/mol. The molecule has 14 heavy (non-hydrogen) atoms. The molecule has 4 heteroatoms. The molecule has 0 bridgehead atoms. The van der Waals surface area contributed by atoms with Crippen LogP contribution in [-0.2, 0) is 0 Å². The van der Waals surface area contributed by atoms with Gasteiger partial charge in [0, 0.05) is 21.6 Å². The fraction of sp³-hybridized carbons (Fsp3) is 0.300. The second-order valence-corrected chi connectivity index (χ2v) is 5.64. The first-order chi connectivity index (χ1) is 6.84. The normalized spacial score (nSPS) is 19.6. The van der Waals surface area contributed by atoms with E-state index >= 15 is 0 Å². The van der Waals surface area contributed by atoms with Crippen molar-refractivity contribution in [1.82, 2.24) is 0 Å². The molecule has 0 amide bonds. The molecule has 0 radical (unpaired) electrons. The van der Waals surface area contributed by atoms with Crippen LogP contribution >= 0.6 is 34.5 Å². The maximum absolute atomic E-state index is 4.31. The van der Waals surface area contributed by atoms with Gasteiger partial charge in [-0.3, -0.25) is 0 Å². The Morgan fingerprint density at radius 1 is 1.43 bits per heavy atom. The number of halogens is 1. The SMILES string of the molecule is Ic1ccc2c(c1)N(C1CC1)C=NS2. The molecule has 1 saturated carbocycles. The van der Waals surface area contributed by atoms with Crippen molar-refractivity contribution in [1.29, 1.82) is 0 Å². The van der Waals surface area contributed by atoms with E-state index in [1.54, 1.807) is 11.9 Å². The van der Waals surface area contributed by atoms with Gasteiger partial charge < -0.3 is 4.90 Å². The lowest BCUT2D eigenvalue weighted by Crippen LogP contribution is -2.25. The van der Waals surface area contributed by atoms with Crippen LogP contribution < -0.4 is 4.90 Å². The number of nitrogens with zero attached hydrogens (tertiary/aromatic N) is 2. The summed E-state index contributed by atoms with van der Waals surface area (Å²) in [5.41, 5.74) is 1.33. The number of rotatable bonds is 1. The molecule has 1 fully saturated rings. The quantitative estimate of drug-likeness (QED) is 0.583. The standard InChI is InChI=1S/C10H9IN2S/c11-7-1-4-10-9(5-7)13(6-12-14-10)8-2-3-8/h1,4-6,8H,2-3H2. The smallest absolute Gasteiger partial charge is 0.104 e. The van der Waals surface area contributed by atoms with Crippen LogP contribution in [0.1, 0.15) is 12.8 Å². The van der Waals surface area contributed by atoms with Crippen LogP contribution in [0.3, 0.4) is 0 Å². The highest BCUT2D eigenvalue weighted by atomic mass is 127. The first kappa shape index (κ1) is 9.03. The van der Waals surface area contributed by atoms with Gasteiger partial charge in [0.25, 0.3) is 0 Å². The van der Waals surface area contributed by atoms with E-state index in [0.29, 0.717) is 6.04 Å². The molecule has 0 atom stereocenters. The third kappa shape index (κ3) is 1.54. The van der Waals surface area contributed by atoms with Crippen molar-refractivity contribution < 1.29 is 0 Å². The molecule has 0 saturated heterocycles. The van der Waals surface area contributed by atoms with E-state index in [4.69, 9.17) is 0 Å². The predicted molar refractivity (Wildman–Crippen MR) is 69.0 cm³/mol. The topological polar surface area (TPSA) is 15.6 Å². The van der Waals surface area contributed by atoms with Crippen LogP contribution in [0.5, 0.6) is 0 Å². The molecule has 1 aromatic rings. The highest BCUT2D eigenvalue weighted by Gasteiger charge is 2.31. The van der Waals surface area contributed by atoms with Gasteiger partial charge in [-0.1, -0.05) is 0 Å². The molecule has 1 aliphatic carbocycles. The minimum absolute atomic E-state index is 0.705. The molecule has 0 N–H and O–H groups in total. The minimum atomic E-state index is 0.705. The van der Waals surface area contributed by atoms with E-state index in [1.807, 2.05) is 6.34 Å². The van der Waals surface area contributed by atoms with Crippen molar-refractivity contribution >= 4 is 46.6 Å². The highest BCUT2D eigenvalue weighted by molar-refractivity contribution is 14.1. The third-order valence-electron chi connectivity index (χ3n) is 2.46. The zero-order valence-electron chi connectivity index (χ0n) is 7.48. The van der Waals surface area contributed by atoms with Crippen LogP contribution in [0, 0.1) is 3.57 Å². The molecule has 3 rings (SSSR count). The van der Waals surface area contributed by atoms with Crippen LogP contribution in [0.15, 0.2) is 27.5 Å². The summed E-state index contributed by atoms with van der Waals surface area (Å²) in [5.74, 6) is 0. The molecule has 1 aromatic carbocycles. The monoisotopic (exact) mass is 316 g/mol. The van der Waals surface area contributed by atoms with E-state index in [2.05, 4.69) is 50.1 Å². The molecule has 0 aromatic heterocycles. The summed E-state index contributed by atoms with van der Waals surface area (Å²) in [7, 11) is 0. The third-order valence-corrected chi connectivity index (χ3v) is 3.87. The zero-order valence-corrected chi connectivity index (χ0v) is 10.5. The van der Waals surface area contributed by atoms with Gasteiger partial charge in [-0.15, -0.1) is 0 Å². The zero-order chi connectivity index (χ0) is 9.54. The Balaban J connectivity index is 2.06. The average Bonchev–Trinajstić information content (AvgIpc) is 3.00. The van der Waals surface area contributed by atoms with E-state index in [9.17, 15) is 0 Å². The van der Waals surface area contributed by atoms with Gasteiger partial charge >= 0.3 is 0 Å². The van der Waals surface area contributed by atoms with Crippen LogP contribution in [0.2, 0.25) is 0 Å². The Kier molecular flexibility index (Phi) is 2.20. The molecule has 1 aliphatic heterocycles. The van der Waals surface area contributed by atoms with E-state index in [1.165, 1.54) is 27.0 Å². The van der Waals surface area contributed by atoms with Crippen molar-refractivity contribution in [2.75, 3.05) is 4.90 Å². The van der Waals surface area contributed by atoms with Crippen molar-refractivity contribution in [3.8, 4) is 0 Å².